The van der Waals surface area contributed by atoms with Crippen molar-refractivity contribution in [2.45, 2.75) is 0 Å². The zero-order valence-electron chi connectivity index (χ0n) is 5.31. The molecule has 0 aliphatic rings. The standard InChI is InChI=1S/C3H4N4S2.Na/c8-3(9)6-7-1-4-5-2-7;/h1-2H,(H2,6,8,9);/q;+1/p-1. The predicted octanol–water partition coefficient (Wildman–Crippen LogP) is -3.34. The first kappa shape index (κ1) is 10.2. The second-order valence-corrected chi connectivity index (χ2v) is 2.34. The molecule has 0 amide bonds. The number of hydrogen-bond donors (Lipinski definition) is 1. The number of rotatable bonds is 1. The molecule has 1 aromatic rings. The van der Waals surface area contributed by atoms with Gasteiger partial charge in [-0.15, -0.1) is 10.2 Å². The van der Waals surface area contributed by atoms with Gasteiger partial charge >= 0.3 is 29.6 Å². The van der Waals surface area contributed by atoms with E-state index in [1.165, 1.54) is 17.3 Å². The van der Waals surface area contributed by atoms with E-state index in [9.17, 15) is 0 Å². The third-order valence-electron chi connectivity index (χ3n) is 0.639. The first-order valence-electron chi connectivity index (χ1n) is 2.11. The molecule has 1 heterocycles. The minimum atomic E-state index is 0. The van der Waals surface area contributed by atoms with E-state index in [0.717, 1.165) is 0 Å². The molecule has 10 heavy (non-hydrogen) atoms. The first-order chi connectivity index (χ1) is 4.29. The van der Waals surface area contributed by atoms with Crippen molar-refractivity contribution >= 4 is 29.2 Å². The number of thiocarbonyl (C=S) groups is 1. The summed E-state index contributed by atoms with van der Waals surface area (Å²) in [5.41, 5.74) is 2.62. The molecule has 0 atom stereocenters. The van der Waals surface area contributed by atoms with Crippen molar-refractivity contribution in [3.8, 4) is 0 Å². The number of aromatic nitrogens is 3. The fourth-order valence-electron chi connectivity index (χ4n) is 0.364. The molecule has 48 valence electrons. The van der Waals surface area contributed by atoms with Crippen molar-refractivity contribution in [3.05, 3.63) is 12.7 Å². The second kappa shape index (κ2) is 4.97. The summed E-state index contributed by atoms with van der Waals surface area (Å²) >= 11 is 9.14. The summed E-state index contributed by atoms with van der Waals surface area (Å²) in [7, 11) is 0. The largest absolute Gasteiger partial charge is 1.00 e. The molecule has 1 aromatic heterocycles. The Morgan fingerprint density at radius 3 is 2.40 bits per heavy atom. The summed E-state index contributed by atoms with van der Waals surface area (Å²) in [5, 5.41) is 7.04. The van der Waals surface area contributed by atoms with Crippen molar-refractivity contribution in [1.82, 2.24) is 14.9 Å². The summed E-state index contributed by atoms with van der Waals surface area (Å²) < 4.78 is 1.75. The van der Waals surface area contributed by atoms with Crippen LogP contribution in [0.1, 0.15) is 0 Å². The van der Waals surface area contributed by atoms with Crippen LogP contribution in [-0.2, 0) is 12.6 Å². The van der Waals surface area contributed by atoms with Gasteiger partial charge in [0.2, 0.25) is 0 Å². The van der Waals surface area contributed by atoms with Crippen LogP contribution in [0, 0.1) is 0 Å². The van der Waals surface area contributed by atoms with Gasteiger partial charge in [-0.25, -0.2) is 4.68 Å². The quantitative estimate of drug-likeness (QED) is 0.279. The molecule has 0 saturated heterocycles. The number of hydrogen-bond acceptors (Lipinski definition) is 4. The van der Waals surface area contributed by atoms with Crippen LogP contribution in [0.15, 0.2) is 12.7 Å². The van der Waals surface area contributed by atoms with Gasteiger partial charge in [-0.3, -0.25) is 0 Å². The summed E-state index contributed by atoms with van der Waals surface area (Å²) in [4.78, 5) is 0. The fourth-order valence-corrected chi connectivity index (χ4v) is 0.575. The Morgan fingerprint density at radius 2 is 2.00 bits per heavy atom. The minimum absolute atomic E-state index is 0. The monoisotopic (exact) mass is 182 g/mol. The van der Waals surface area contributed by atoms with E-state index >= 15 is 0 Å². The van der Waals surface area contributed by atoms with Gasteiger partial charge in [0.25, 0.3) is 0 Å². The molecule has 0 aromatic carbocycles. The Bertz CT molecular complexity index is 198. The molecule has 0 saturated carbocycles. The topological polar surface area (TPSA) is 42.7 Å². The number of nitrogens with zero attached hydrogens (tertiary/aromatic N) is 3. The molecule has 0 bridgehead atoms. The zero-order valence-corrected chi connectivity index (χ0v) is 8.95. The Morgan fingerprint density at radius 1 is 1.50 bits per heavy atom. The molecule has 0 spiro atoms. The van der Waals surface area contributed by atoms with Gasteiger partial charge < -0.3 is 30.3 Å². The Kier molecular flexibility index (Phi) is 5.10. The zero-order chi connectivity index (χ0) is 6.69. The Hall–Kier alpha value is 0.250. The summed E-state index contributed by atoms with van der Waals surface area (Å²) in [6.45, 7) is 0. The van der Waals surface area contributed by atoms with Crippen molar-refractivity contribution in [2.75, 3.05) is 5.43 Å². The van der Waals surface area contributed by atoms with E-state index in [1.807, 2.05) is 0 Å². The Balaban J connectivity index is 0.000000810. The van der Waals surface area contributed by atoms with E-state index in [4.69, 9.17) is 0 Å². The van der Waals surface area contributed by atoms with Crippen LogP contribution >= 0.6 is 12.2 Å². The van der Waals surface area contributed by atoms with Crippen LogP contribution in [0.2, 0.25) is 0 Å². The van der Waals surface area contributed by atoms with Crippen LogP contribution in [0.5, 0.6) is 0 Å². The smallest absolute Gasteiger partial charge is 0.410 e. The van der Waals surface area contributed by atoms with E-state index < -0.39 is 0 Å². The SMILES string of the molecule is S=C([S-])Nn1cnnc1.[Na+]. The van der Waals surface area contributed by atoms with Gasteiger partial charge in [0, 0.05) is 0 Å². The van der Waals surface area contributed by atoms with Crippen molar-refractivity contribution in [2.24, 2.45) is 0 Å². The van der Waals surface area contributed by atoms with Crippen LogP contribution in [0.4, 0.5) is 0 Å². The van der Waals surface area contributed by atoms with Gasteiger partial charge in [-0.1, -0.05) is 0 Å². The third kappa shape index (κ3) is 3.43. The van der Waals surface area contributed by atoms with Gasteiger partial charge in [0.15, 0.2) is 0 Å². The summed E-state index contributed by atoms with van der Waals surface area (Å²) in [5.74, 6) is 0. The first-order valence-corrected chi connectivity index (χ1v) is 2.93. The maximum atomic E-state index is 4.57. The molecular weight excluding hydrogens is 179 g/mol. The molecule has 4 nitrogen and oxygen atoms in total. The molecule has 7 heteroatoms. The molecule has 1 N–H and O–H groups in total. The van der Waals surface area contributed by atoms with E-state index in [0.29, 0.717) is 0 Å². The average Bonchev–Trinajstić information content (AvgIpc) is 2.15. The molecule has 0 fully saturated rings. The summed E-state index contributed by atoms with van der Waals surface area (Å²) in [6.07, 6.45) is 2.94. The predicted molar refractivity (Wildman–Crippen MR) is 39.3 cm³/mol. The maximum Gasteiger partial charge on any atom is 1.00 e. The Labute approximate surface area is 91.1 Å². The third-order valence-corrected chi connectivity index (χ3v) is 0.822. The molecule has 0 radical (unpaired) electrons. The number of nitrogens with one attached hydrogen (secondary N) is 1. The summed E-state index contributed by atoms with van der Waals surface area (Å²) in [6, 6.07) is 0. The molecule has 0 aliphatic carbocycles. The van der Waals surface area contributed by atoms with Crippen LogP contribution in [0.3, 0.4) is 0 Å². The minimum Gasteiger partial charge on any atom is -0.410 e. The molecular formula is C3H3N4NaS2. The van der Waals surface area contributed by atoms with Gasteiger partial charge in [-0.05, 0) is 4.32 Å². The van der Waals surface area contributed by atoms with Gasteiger partial charge in [-0.2, -0.15) is 0 Å². The van der Waals surface area contributed by atoms with E-state index in [2.05, 4.69) is 40.5 Å². The van der Waals surface area contributed by atoms with Crippen molar-refractivity contribution < 1.29 is 29.6 Å². The van der Waals surface area contributed by atoms with E-state index in [1.54, 1.807) is 0 Å². The average molecular weight is 182 g/mol. The normalized spacial score (nSPS) is 8.00. The fraction of sp³-hybridized carbons (Fsp3) is 0. The van der Waals surface area contributed by atoms with E-state index in [-0.39, 0.29) is 33.9 Å². The molecule has 0 unspecified atom stereocenters. The van der Waals surface area contributed by atoms with Crippen molar-refractivity contribution in [3.63, 3.8) is 0 Å². The maximum absolute atomic E-state index is 4.57. The van der Waals surface area contributed by atoms with Crippen molar-refractivity contribution in [1.29, 1.82) is 0 Å². The second-order valence-electron chi connectivity index (χ2n) is 1.27. The molecule has 0 aliphatic heterocycles. The molecule has 1 rings (SSSR count). The van der Waals surface area contributed by atoms with Crippen LogP contribution < -0.4 is 35.0 Å². The van der Waals surface area contributed by atoms with Gasteiger partial charge in [0.05, 0.1) is 0 Å². The van der Waals surface area contributed by atoms with Gasteiger partial charge in [0.1, 0.15) is 12.7 Å². The van der Waals surface area contributed by atoms with Crippen LogP contribution in [-0.4, -0.2) is 19.2 Å². The van der Waals surface area contributed by atoms with Crippen LogP contribution in [0.25, 0.3) is 0 Å².